The van der Waals surface area contributed by atoms with Gasteiger partial charge in [-0.15, -0.1) is 0 Å². The number of hydrogen-bond acceptors (Lipinski definition) is 5. The molecule has 1 fully saturated rings. The molecule has 1 aromatic rings. The van der Waals surface area contributed by atoms with E-state index in [1.807, 2.05) is 47.6 Å². The van der Waals surface area contributed by atoms with E-state index in [9.17, 15) is 4.79 Å². The Hall–Kier alpha value is -2.48. The van der Waals surface area contributed by atoms with E-state index < -0.39 is 17.2 Å². The smallest absolute Gasteiger partial charge is 0.408 e. The molecule has 1 aliphatic rings. The average molecular weight is 434 g/mol. The lowest BCUT2D eigenvalue weighted by atomic mass is 10.1. The minimum absolute atomic E-state index is 0.430. The Bertz CT molecular complexity index is 737. The first-order valence-corrected chi connectivity index (χ1v) is 11.0. The van der Waals surface area contributed by atoms with E-state index in [4.69, 9.17) is 14.5 Å². The SMILES string of the molecule is CCNC(=NCc1ccccc1N1CCOCC1)NCC(C)(C)NC(=O)OC(C)(C)C. The molecule has 3 N–H and O–H groups in total. The van der Waals surface area contributed by atoms with Gasteiger partial charge in [-0.05, 0) is 53.2 Å². The summed E-state index contributed by atoms with van der Waals surface area (Å²) in [6.07, 6.45) is -0.430. The summed E-state index contributed by atoms with van der Waals surface area (Å²) in [6.45, 7) is 16.6. The van der Waals surface area contributed by atoms with Gasteiger partial charge in [-0.1, -0.05) is 18.2 Å². The number of nitrogens with zero attached hydrogens (tertiary/aromatic N) is 2. The number of alkyl carbamates (subject to hydrolysis) is 1. The summed E-state index contributed by atoms with van der Waals surface area (Å²) < 4.78 is 10.8. The molecule has 0 unspecified atom stereocenters. The molecule has 1 aliphatic heterocycles. The molecule has 0 saturated carbocycles. The van der Waals surface area contributed by atoms with E-state index in [0.29, 0.717) is 19.0 Å². The number of nitrogens with one attached hydrogen (secondary N) is 3. The molecule has 0 aliphatic carbocycles. The number of para-hydroxylation sites is 1. The van der Waals surface area contributed by atoms with Gasteiger partial charge in [0.2, 0.25) is 0 Å². The highest BCUT2D eigenvalue weighted by Crippen LogP contribution is 2.22. The fraction of sp³-hybridized carbons (Fsp3) is 0.652. The largest absolute Gasteiger partial charge is 0.444 e. The summed E-state index contributed by atoms with van der Waals surface area (Å²) in [7, 11) is 0. The average Bonchev–Trinajstić information content (AvgIpc) is 2.69. The molecule has 0 bridgehead atoms. The lowest BCUT2D eigenvalue weighted by molar-refractivity contribution is 0.0474. The first kappa shape index (κ1) is 24.8. The lowest BCUT2D eigenvalue weighted by Gasteiger charge is -2.30. The highest BCUT2D eigenvalue weighted by Gasteiger charge is 2.24. The van der Waals surface area contributed by atoms with Crippen molar-refractivity contribution in [2.24, 2.45) is 4.99 Å². The highest BCUT2D eigenvalue weighted by atomic mass is 16.6. The molecule has 1 heterocycles. The molecule has 8 heteroatoms. The molecular weight excluding hydrogens is 394 g/mol. The van der Waals surface area contributed by atoms with Crippen LogP contribution < -0.4 is 20.9 Å². The second-order valence-corrected chi connectivity index (χ2v) is 9.29. The van der Waals surface area contributed by atoms with E-state index in [0.717, 1.165) is 32.8 Å². The molecule has 1 aromatic carbocycles. The van der Waals surface area contributed by atoms with Gasteiger partial charge in [0, 0.05) is 31.9 Å². The number of ether oxygens (including phenoxy) is 2. The topological polar surface area (TPSA) is 87.2 Å². The van der Waals surface area contributed by atoms with Crippen molar-refractivity contribution >= 4 is 17.7 Å². The predicted octanol–water partition coefficient (Wildman–Crippen LogP) is 2.88. The molecule has 1 amide bonds. The minimum Gasteiger partial charge on any atom is -0.444 e. The van der Waals surface area contributed by atoms with Crippen LogP contribution in [0.4, 0.5) is 10.5 Å². The Kier molecular flexibility index (Phi) is 8.98. The normalized spacial score (nSPS) is 15.4. The Morgan fingerprint density at radius 3 is 2.45 bits per heavy atom. The Morgan fingerprint density at radius 1 is 1.13 bits per heavy atom. The van der Waals surface area contributed by atoms with Crippen molar-refractivity contribution in [2.75, 3.05) is 44.3 Å². The lowest BCUT2D eigenvalue weighted by Crippen LogP contribution is -2.54. The maximum Gasteiger partial charge on any atom is 0.408 e. The third kappa shape index (κ3) is 9.04. The zero-order valence-electron chi connectivity index (χ0n) is 19.9. The fourth-order valence-corrected chi connectivity index (χ4v) is 3.19. The summed E-state index contributed by atoms with van der Waals surface area (Å²) in [5.74, 6) is 0.707. The molecule has 0 spiro atoms. The van der Waals surface area contributed by atoms with Crippen LogP contribution in [0.25, 0.3) is 0 Å². The number of rotatable bonds is 7. The van der Waals surface area contributed by atoms with Gasteiger partial charge in [-0.2, -0.15) is 0 Å². The first-order chi connectivity index (χ1) is 14.6. The number of guanidine groups is 1. The summed E-state index contributed by atoms with van der Waals surface area (Å²) in [6, 6.07) is 8.37. The Labute approximate surface area is 186 Å². The van der Waals surface area contributed by atoms with Crippen molar-refractivity contribution in [3.05, 3.63) is 29.8 Å². The van der Waals surface area contributed by atoms with E-state index >= 15 is 0 Å². The second kappa shape index (κ2) is 11.2. The van der Waals surface area contributed by atoms with Gasteiger partial charge in [0.15, 0.2) is 5.96 Å². The van der Waals surface area contributed by atoms with Crippen LogP contribution >= 0.6 is 0 Å². The van der Waals surface area contributed by atoms with Gasteiger partial charge in [0.05, 0.1) is 25.3 Å². The highest BCUT2D eigenvalue weighted by molar-refractivity contribution is 5.80. The van der Waals surface area contributed by atoms with Crippen LogP contribution in [0.5, 0.6) is 0 Å². The van der Waals surface area contributed by atoms with E-state index in [-0.39, 0.29) is 0 Å². The van der Waals surface area contributed by atoms with Gasteiger partial charge >= 0.3 is 6.09 Å². The summed E-state index contributed by atoms with van der Waals surface area (Å²) in [4.78, 5) is 19.2. The van der Waals surface area contributed by atoms with Crippen molar-refractivity contribution in [1.29, 1.82) is 0 Å². The number of aliphatic imine (C=N–C) groups is 1. The van der Waals surface area contributed by atoms with Gasteiger partial charge in [0.25, 0.3) is 0 Å². The van der Waals surface area contributed by atoms with Gasteiger partial charge < -0.3 is 30.3 Å². The first-order valence-electron chi connectivity index (χ1n) is 11.0. The number of amides is 1. The van der Waals surface area contributed by atoms with Gasteiger partial charge in [-0.25, -0.2) is 9.79 Å². The monoisotopic (exact) mass is 433 g/mol. The summed E-state index contributed by atoms with van der Waals surface area (Å²) >= 11 is 0. The number of morpholine rings is 1. The van der Waals surface area contributed by atoms with E-state index in [1.165, 1.54) is 11.3 Å². The molecule has 1 saturated heterocycles. The second-order valence-electron chi connectivity index (χ2n) is 9.29. The molecule has 2 rings (SSSR count). The quantitative estimate of drug-likeness (QED) is 0.453. The maximum atomic E-state index is 12.1. The number of hydrogen-bond donors (Lipinski definition) is 3. The molecular formula is C23H39N5O3. The zero-order chi connectivity index (χ0) is 22.9. The van der Waals surface area contributed by atoms with E-state index in [1.54, 1.807) is 0 Å². The molecule has 8 nitrogen and oxygen atoms in total. The van der Waals surface area contributed by atoms with Crippen molar-refractivity contribution in [2.45, 2.75) is 59.2 Å². The van der Waals surface area contributed by atoms with Crippen molar-refractivity contribution in [3.63, 3.8) is 0 Å². The van der Waals surface area contributed by atoms with Crippen LogP contribution in [0.1, 0.15) is 47.1 Å². The third-order valence-corrected chi connectivity index (χ3v) is 4.63. The van der Waals surface area contributed by atoms with Gasteiger partial charge in [-0.3, -0.25) is 0 Å². The van der Waals surface area contributed by atoms with Crippen LogP contribution in [0.15, 0.2) is 29.3 Å². The Balaban J connectivity index is 2.00. The Morgan fingerprint density at radius 2 is 1.81 bits per heavy atom. The number of carbonyl (C=O) groups is 1. The molecule has 174 valence electrons. The summed E-state index contributed by atoms with van der Waals surface area (Å²) in [5.41, 5.74) is 1.34. The van der Waals surface area contributed by atoms with Crippen molar-refractivity contribution in [1.82, 2.24) is 16.0 Å². The van der Waals surface area contributed by atoms with E-state index in [2.05, 4.69) is 39.0 Å². The zero-order valence-corrected chi connectivity index (χ0v) is 19.9. The third-order valence-electron chi connectivity index (χ3n) is 4.63. The predicted molar refractivity (Wildman–Crippen MR) is 126 cm³/mol. The van der Waals surface area contributed by atoms with Crippen molar-refractivity contribution in [3.8, 4) is 0 Å². The fourth-order valence-electron chi connectivity index (χ4n) is 3.19. The number of benzene rings is 1. The molecule has 0 aromatic heterocycles. The summed E-state index contributed by atoms with van der Waals surface area (Å²) in [5, 5.41) is 9.52. The minimum atomic E-state index is -0.530. The van der Waals surface area contributed by atoms with Crippen molar-refractivity contribution < 1.29 is 14.3 Å². The van der Waals surface area contributed by atoms with Crippen LogP contribution in [-0.2, 0) is 16.0 Å². The standard InChI is InChI=1S/C23H39N5O3/c1-7-24-20(26-17-23(5,6)27-21(29)31-22(2,3)4)25-16-18-10-8-9-11-19(18)28-12-14-30-15-13-28/h8-11H,7,12-17H2,1-6H3,(H,27,29)(H2,24,25,26). The number of anilines is 1. The van der Waals surface area contributed by atoms with Gasteiger partial charge in [0.1, 0.15) is 5.60 Å². The van der Waals surface area contributed by atoms with Crippen LogP contribution in [0, 0.1) is 0 Å². The van der Waals surface area contributed by atoms with Crippen LogP contribution in [0.2, 0.25) is 0 Å². The maximum absolute atomic E-state index is 12.1. The molecule has 0 radical (unpaired) electrons. The molecule has 31 heavy (non-hydrogen) atoms. The number of carbonyl (C=O) groups excluding carboxylic acids is 1. The molecule has 0 atom stereocenters. The van der Waals surface area contributed by atoms with Crippen LogP contribution in [-0.4, -0.2) is 62.6 Å². The van der Waals surface area contributed by atoms with Crippen LogP contribution in [0.3, 0.4) is 0 Å².